The van der Waals surface area contributed by atoms with Gasteiger partial charge in [-0.25, -0.2) is 4.98 Å². The number of hydrogen-bond acceptors (Lipinski definition) is 8. The number of phenolic OH excluding ortho intramolecular Hbond substituents is 1. The number of phenols is 1. The smallest absolute Gasteiger partial charge is 0.226 e. The van der Waals surface area contributed by atoms with E-state index in [0.717, 1.165) is 28.9 Å². The van der Waals surface area contributed by atoms with Crippen molar-refractivity contribution >= 4 is 35.6 Å². The van der Waals surface area contributed by atoms with Gasteiger partial charge in [0.25, 0.3) is 0 Å². The molecular weight excluding hydrogens is 412 g/mol. The molecule has 1 fully saturated rings. The molecule has 0 spiro atoms. The van der Waals surface area contributed by atoms with Gasteiger partial charge >= 0.3 is 0 Å². The van der Waals surface area contributed by atoms with Gasteiger partial charge in [0.05, 0.1) is 11.9 Å². The van der Waals surface area contributed by atoms with E-state index in [1.165, 1.54) is 19.3 Å². The van der Waals surface area contributed by atoms with E-state index in [-0.39, 0.29) is 5.75 Å². The number of fused-ring (bicyclic) bond motifs is 1. The summed E-state index contributed by atoms with van der Waals surface area (Å²) >= 11 is 4.36. The molecule has 1 aliphatic rings. The van der Waals surface area contributed by atoms with Crippen molar-refractivity contribution in [2.75, 3.05) is 17.2 Å². The standard InChI is InChI=1S/C22H30N6O2S/c1-22(2,30)12-24-21-26-19(23-11-14-10-16(31)8-9-17(14)29)18-20(27-21)28(13-25-18)15-6-4-3-5-7-15/h8-10,13,15,29-31H,3-7,11-12H2,1-2H3,(H2,23,24,26,27). The molecule has 8 nitrogen and oxygen atoms in total. The summed E-state index contributed by atoms with van der Waals surface area (Å²) in [5, 5.41) is 26.7. The normalized spacial score (nSPS) is 15.4. The maximum atomic E-state index is 10.2. The Morgan fingerprint density at radius 1 is 1.16 bits per heavy atom. The first kappa shape index (κ1) is 21.7. The zero-order valence-electron chi connectivity index (χ0n) is 18.0. The summed E-state index contributed by atoms with van der Waals surface area (Å²) in [5.74, 6) is 1.22. The summed E-state index contributed by atoms with van der Waals surface area (Å²) in [7, 11) is 0. The number of aromatic hydroxyl groups is 1. The predicted octanol–water partition coefficient (Wildman–Crippen LogP) is 4.12. The van der Waals surface area contributed by atoms with Crippen LogP contribution in [0.5, 0.6) is 5.75 Å². The van der Waals surface area contributed by atoms with Crippen molar-refractivity contribution < 1.29 is 10.2 Å². The Morgan fingerprint density at radius 2 is 1.94 bits per heavy atom. The third kappa shape index (κ3) is 5.22. The fourth-order valence-electron chi connectivity index (χ4n) is 3.93. The van der Waals surface area contributed by atoms with E-state index in [1.54, 1.807) is 26.0 Å². The number of aromatic nitrogens is 4. The van der Waals surface area contributed by atoms with Crippen molar-refractivity contribution in [2.24, 2.45) is 0 Å². The van der Waals surface area contributed by atoms with Gasteiger partial charge in [-0.2, -0.15) is 9.97 Å². The van der Waals surface area contributed by atoms with Gasteiger partial charge in [0.15, 0.2) is 17.0 Å². The first-order valence-electron chi connectivity index (χ1n) is 10.8. The molecular formula is C22H30N6O2S. The molecule has 3 aromatic rings. The molecule has 0 saturated heterocycles. The monoisotopic (exact) mass is 442 g/mol. The van der Waals surface area contributed by atoms with Gasteiger partial charge in [0.1, 0.15) is 5.75 Å². The molecule has 0 atom stereocenters. The van der Waals surface area contributed by atoms with Crippen LogP contribution in [-0.4, -0.2) is 41.9 Å². The quantitative estimate of drug-likeness (QED) is 0.350. The minimum absolute atomic E-state index is 0.198. The highest BCUT2D eigenvalue weighted by Gasteiger charge is 2.21. The van der Waals surface area contributed by atoms with E-state index in [4.69, 9.17) is 4.98 Å². The number of benzene rings is 1. The van der Waals surface area contributed by atoms with Gasteiger partial charge in [0, 0.05) is 29.6 Å². The Balaban J connectivity index is 1.68. The highest BCUT2D eigenvalue weighted by molar-refractivity contribution is 7.80. The second-order valence-electron chi connectivity index (χ2n) is 8.84. The average molecular weight is 443 g/mol. The molecule has 0 bridgehead atoms. The van der Waals surface area contributed by atoms with Crippen molar-refractivity contribution in [3.8, 4) is 5.75 Å². The first-order valence-corrected chi connectivity index (χ1v) is 11.2. The number of hydrogen-bond donors (Lipinski definition) is 5. The number of rotatable bonds is 7. The Hall–Kier alpha value is -2.52. The Kier molecular flexibility index (Phi) is 6.24. The second-order valence-corrected chi connectivity index (χ2v) is 9.36. The molecule has 0 radical (unpaired) electrons. The van der Waals surface area contributed by atoms with Crippen LogP contribution in [-0.2, 0) is 6.54 Å². The van der Waals surface area contributed by atoms with Gasteiger partial charge in [-0.15, -0.1) is 12.6 Å². The van der Waals surface area contributed by atoms with E-state index in [2.05, 4.69) is 37.8 Å². The number of thiol groups is 1. The second kappa shape index (κ2) is 8.92. The predicted molar refractivity (Wildman–Crippen MR) is 125 cm³/mol. The average Bonchev–Trinajstić information content (AvgIpc) is 3.17. The molecule has 0 aliphatic heterocycles. The van der Waals surface area contributed by atoms with Crippen LogP contribution in [0.25, 0.3) is 11.2 Å². The van der Waals surface area contributed by atoms with Gasteiger partial charge in [-0.05, 0) is 44.9 Å². The SMILES string of the molecule is CC(C)(O)CNc1nc(NCc2cc(S)ccc2O)c2ncn(C3CCCCC3)c2n1. The molecule has 4 rings (SSSR count). The van der Waals surface area contributed by atoms with Gasteiger partial charge in [-0.1, -0.05) is 19.3 Å². The summed E-state index contributed by atoms with van der Waals surface area (Å²) in [6.45, 7) is 4.15. The van der Waals surface area contributed by atoms with E-state index in [9.17, 15) is 10.2 Å². The number of aliphatic hydroxyl groups is 1. The molecule has 2 heterocycles. The molecule has 31 heavy (non-hydrogen) atoms. The Labute approximate surface area is 187 Å². The van der Waals surface area contributed by atoms with Crippen molar-refractivity contribution in [1.29, 1.82) is 0 Å². The lowest BCUT2D eigenvalue weighted by atomic mass is 9.95. The molecule has 1 aliphatic carbocycles. The fourth-order valence-corrected chi connectivity index (χ4v) is 4.16. The van der Waals surface area contributed by atoms with Crippen LogP contribution in [0.2, 0.25) is 0 Å². The van der Waals surface area contributed by atoms with Crippen LogP contribution < -0.4 is 10.6 Å². The van der Waals surface area contributed by atoms with E-state index < -0.39 is 5.60 Å². The molecule has 4 N–H and O–H groups in total. The van der Waals surface area contributed by atoms with Crippen LogP contribution in [0.15, 0.2) is 29.4 Å². The lowest BCUT2D eigenvalue weighted by Gasteiger charge is -2.23. The lowest BCUT2D eigenvalue weighted by molar-refractivity contribution is 0.0943. The maximum absolute atomic E-state index is 10.2. The fraction of sp³-hybridized carbons (Fsp3) is 0.500. The molecule has 166 valence electrons. The number of imidazole rings is 1. The summed E-state index contributed by atoms with van der Waals surface area (Å²) < 4.78 is 2.16. The molecule has 0 amide bonds. The van der Waals surface area contributed by atoms with Gasteiger partial charge < -0.3 is 25.4 Å². The zero-order chi connectivity index (χ0) is 22.0. The van der Waals surface area contributed by atoms with Crippen LogP contribution in [0.4, 0.5) is 11.8 Å². The van der Waals surface area contributed by atoms with E-state index in [0.29, 0.717) is 36.4 Å². The third-order valence-electron chi connectivity index (χ3n) is 5.58. The Bertz CT molecular complexity index is 1060. The van der Waals surface area contributed by atoms with E-state index in [1.807, 2.05) is 12.4 Å². The highest BCUT2D eigenvalue weighted by atomic mass is 32.1. The number of anilines is 2. The van der Waals surface area contributed by atoms with Crippen LogP contribution in [0.3, 0.4) is 0 Å². The van der Waals surface area contributed by atoms with Crippen LogP contribution in [0.1, 0.15) is 57.6 Å². The van der Waals surface area contributed by atoms with Crippen molar-refractivity contribution in [1.82, 2.24) is 19.5 Å². The number of nitrogens with one attached hydrogen (secondary N) is 2. The molecule has 1 saturated carbocycles. The maximum Gasteiger partial charge on any atom is 0.226 e. The molecule has 2 aromatic heterocycles. The van der Waals surface area contributed by atoms with E-state index >= 15 is 0 Å². The largest absolute Gasteiger partial charge is 0.508 e. The summed E-state index contributed by atoms with van der Waals surface area (Å²) in [6, 6.07) is 5.57. The minimum atomic E-state index is -0.895. The van der Waals surface area contributed by atoms with Gasteiger partial charge in [0.2, 0.25) is 5.95 Å². The minimum Gasteiger partial charge on any atom is -0.508 e. The Morgan fingerprint density at radius 3 is 2.68 bits per heavy atom. The van der Waals surface area contributed by atoms with Gasteiger partial charge in [-0.3, -0.25) is 0 Å². The van der Waals surface area contributed by atoms with Crippen molar-refractivity contribution in [3.63, 3.8) is 0 Å². The van der Waals surface area contributed by atoms with Crippen molar-refractivity contribution in [3.05, 3.63) is 30.1 Å². The molecule has 0 unspecified atom stereocenters. The lowest BCUT2D eigenvalue weighted by Crippen LogP contribution is -2.30. The van der Waals surface area contributed by atoms with Crippen LogP contribution >= 0.6 is 12.6 Å². The highest BCUT2D eigenvalue weighted by Crippen LogP contribution is 2.32. The summed E-state index contributed by atoms with van der Waals surface area (Å²) in [5.41, 5.74) is 1.29. The zero-order valence-corrected chi connectivity index (χ0v) is 18.9. The summed E-state index contributed by atoms with van der Waals surface area (Å²) in [4.78, 5) is 14.7. The summed E-state index contributed by atoms with van der Waals surface area (Å²) in [6.07, 6.45) is 7.79. The van der Waals surface area contributed by atoms with Crippen LogP contribution in [0, 0.1) is 0 Å². The number of nitrogens with zero attached hydrogens (tertiary/aromatic N) is 4. The van der Waals surface area contributed by atoms with Crippen molar-refractivity contribution in [2.45, 2.75) is 69.0 Å². The topological polar surface area (TPSA) is 108 Å². The first-order chi connectivity index (χ1) is 14.8. The molecule has 9 heteroatoms. The molecule has 1 aromatic carbocycles. The third-order valence-corrected chi connectivity index (χ3v) is 5.86.